The van der Waals surface area contributed by atoms with Gasteiger partial charge < -0.3 is 9.80 Å². The Labute approximate surface area is 159 Å². The van der Waals surface area contributed by atoms with E-state index in [4.69, 9.17) is 0 Å². The van der Waals surface area contributed by atoms with Gasteiger partial charge in [-0.25, -0.2) is 4.98 Å². The average molecular weight is 364 g/mol. The molecule has 27 heavy (non-hydrogen) atoms. The van der Waals surface area contributed by atoms with Crippen molar-refractivity contribution in [3.63, 3.8) is 0 Å². The van der Waals surface area contributed by atoms with Gasteiger partial charge in [0.15, 0.2) is 0 Å². The van der Waals surface area contributed by atoms with Crippen LogP contribution in [-0.2, 0) is 11.2 Å². The third kappa shape index (κ3) is 3.99. The lowest BCUT2D eigenvalue weighted by molar-refractivity contribution is -0.135. The van der Waals surface area contributed by atoms with Crippen LogP contribution in [0.1, 0.15) is 35.3 Å². The zero-order chi connectivity index (χ0) is 18.6. The lowest BCUT2D eigenvalue weighted by atomic mass is 9.94. The van der Waals surface area contributed by atoms with Gasteiger partial charge in [0, 0.05) is 44.5 Å². The first-order valence-corrected chi connectivity index (χ1v) is 9.59. The number of benzene rings is 1. The van der Waals surface area contributed by atoms with E-state index in [0.717, 1.165) is 25.8 Å². The van der Waals surface area contributed by atoms with Crippen LogP contribution in [-0.4, -0.2) is 57.3 Å². The average Bonchev–Trinajstić information content (AvgIpc) is 3.05. The Hall–Kier alpha value is -2.76. The molecular formula is C21H24N4O2. The van der Waals surface area contributed by atoms with Crippen LogP contribution < -0.4 is 0 Å². The SMILES string of the molecule is O=C(c1cnccn1)N1C[C@H]2CC[C@@H](C1)N(C(=O)CCc1ccccc1)C2. The molecule has 2 atom stereocenters. The third-order valence-corrected chi connectivity index (χ3v) is 5.57. The van der Waals surface area contributed by atoms with Gasteiger partial charge in [-0.1, -0.05) is 30.3 Å². The Bertz CT molecular complexity index is 796. The molecule has 0 unspecified atom stereocenters. The fourth-order valence-electron chi connectivity index (χ4n) is 4.16. The van der Waals surface area contributed by atoms with Gasteiger partial charge in [0.25, 0.3) is 5.91 Å². The summed E-state index contributed by atoms with van der Waals surface area (Å²) in [5, 5.41) is 0. The number of piperidine rings is 1. The van der Waals surface area contributed by atoms with Gasteiger partial charge in [-0.2, -0.15) is 0 Å². The normalized spacial score (nSPS) is 21.8. The summed E-state index contributed by atoms with van der Waals surface area (Å²) in [6.07, 6.45) is 7.93. The van der Waals surface area contributed by atoms with Gasteiger partial charge >= 0.3 is 0 Å². The van der Waals surface area contributed by atoms with Crippen LogP contribution >= 0.6 is 0 Å². The molecule has 3 aliphatic heterocycles. The maximum atomic E-state index is 12.9. The van der Waals surface area contributed by atoms with Gasteiger partial charge in [-0.05, 0) is 30.7 Å². The van der Waals surface area contributed by atoms with E-state index in [-0.39, 0.29) is 17.9 Å². The van der Waals surface area contributed by atoms with Crippen LogP contribution in [0.2, 0.25) is 0 Å². The smallest absolute Gasteiger partial charge is 0.274 e. The number of amides is 2. The molecule has 140 valence electrons. The molecule has 3 fully saturated rings. The summed E-state index contributed by atoms with van der Waals surface area (Å²) in [5.41, 5.74) is 1.56. The van der Waals surface area contributed by atoms with Crippen LogP contribution in [0.5, 0.6) is 0 Å². The highest BCUT2D eigenvalue weighted by Gasteiger charge is 2.38. The van der Waals surface area contributed by atoms with E-state index < -0.39 is 0 Å². The molecule has 2 aromatic rings. The largest absolute Gasteiger partial charge is 0.338 e. The van der Waals surface area contributed by atoms with Gasteiger partial charge in [0.2, 0.25) is 5.91 Å². The first kappa shape index (κ1) is 17.6. The van der Waals surface area contributed by atoms with Crippen LogP contribution in [0.25, 0.3) is 0 Å². The Morgan fingerprint density at radius 3 is 2.67 bits per heavy atom. The predicted molar refractivity (Wildman–Crippen MR) is 101 cm³/mol. The number of carbonyl (C=O) groups is 2. The molecule has 0 aliphatic carbocycles. The summed E-state index contributed by atoms with van der Waals surface area (Å²) in [5.74, 6) is 0.450. The molecule has 0 radical (unpaired) electrons. The van der Waals surface area contributed by atoms with Gasteiger partial charge in [-0.15, -0.1) is 0 Å². The van der Waals surface area contributed by atoms with E-state index in [2.05, 4.69) is 22.1 Å². The molecule has 3 saturated heterocycles. The molecule has 2 bridgehead atoms. The minimum Gasteiger partial charge on any atom is -0.338 e. The third-order valence-electron chi connectivity index (χ3n) is 5.57. The summed E-state index contributed by atoms with van der Waals surface area (Å²) in [6, 6.07) is 10.2. The number of rotatable bonds is 4. The van der Waals surface area contributed by atoms with Crippen molar-refractivity contribution in [1.29, 1.82) is 0 Å². The van der Waals surface area contributed by atoms with Crippen molar-refractivity contribution in [2.24, 2.45) is 5.92 Å². The summed E-state index contributed by atoms with van der Waals surface area (Å²) < 4.78 is 0. The lowest BCUT2D eigenvalue weighted by Gasteiger charge is -2.36. The second kappa shape index (κ2) is 7.86. The quantitative estimate of drug-likeness (QED) is 0.834. The lowest BCUT2D eigenvalue weighted by Crippen LogP contribution is -2.47. The molecule has 4 heterocycles. The number of hydrogen-bond acceptors (Lipinski definition) is 4. The molecule has 1 aromatic carbocycles. The van der Waals surface area contributed by atoms with Crippen molar-refractivity contribution < 1.29 is 9.59 Å². The van der Waals surface area contributed by atoms with E-state index >= 15 is 0 Å². The monoisotopic (exact) mass is 364 g/mol. The molecule has 3 aliphatic rings. The summed E-state index contributed by atoms with van der Waals surface area (Å²) in [6.45, 7) is 2.03. The van der Waals surface area contributed by atoms with Crippen molar-refractivity contribution in [3.05, 3.63) is 60.2 Å². The first-order chi connectivity index (χ1) is 13.2. The fraction of sp³-hybridized carbons (Fsp3) is 0.429. The van der Waals surface area contributed by atoms with Crippen molar-refractivity contribution in [3.8, 4) is 0 Å². The van der Waals surface area contributed by atoms with Gasteiger partial charge in [-0.3, -0.25) is 14.6 Å². The summed E-state index contributed by atoms with van der Waals surface area (Å²) >= 11 is 0. The summed E-state index contributed by atoms with van der Waals surface area (Å²) in [4.78, 5) is 37.6. The highest BCUT2D eigenvalue weighted by atomic mass is 16.2. The molecule has 0 saturated carbocycles. The van der Waals surface area contributed by atoms with E-state index in [1.165, 1.54) is 11.8 Å². The van der Waals surface area contributed by atoms with Gasteiger partial charge in [0.1, 0.15) is 5.69 Å². The zero-order valence-electron chi connectivity index (χ0n) is 15.3. The minimum atomic E-state index is -0.0846. The van der Waals surface area contributed by atoms with Crippen LogP contribution in [0.15, 0.2) is 48.9 Å². The minimum absolute atomic E-state index is 0.0846. The topological polar surface area (TPSA) is 66.4 Å². The van der Waals surface area contributed by atoms with E-state index in [9.17, 15) is 9.59 Å². The highest BCUT2D eigenvalue weighted by Crippen LogP contribution is 2.29. The Kier molecular flexibility index (Phi) is 5.14. The van der Waals surface area contributed by atoms with Crippen LogP contribution in [0.3, 0.4) is 0 Å². The number of hydrogen-bond donors (Lipinski definition) is 0. The number of carbonyl (C=O) groups excluding carboxylic acids is 2. The maximum absolute atomic E-state index is 12.9. The molecule has 1 aromatic heterocycles. The highest BCUT2D eigenvalue weighted by molar-refractivity contribution is 5.92. The van der Waals surface area contributed by atoms with Crippen LogP contribution in [0.4, 0.5) is 0 Å². The number of aryl methyl sites for hydroxylation is 1. The molecule has 2 amide bonds. The standard InChI is InChI=1S/C21H24N4O2/c26-20(9-7-16-4-2-1-3-5-16)25-14-17-6-8-18(25)15-24(13-17)21(27)19-12-22-10-11-23-19/h1-5,10-12,17-18H,6-9,13-15H2/t17-,18+/m1/s1. The van der Waals surface area contributed by atoms with Crippen LogP contribution in [0, 0.1) is 5.92 Å². The van der Waals surface area contributed by atoms with Gasteiger partial charge in [0.05, 0.1) is 6.20 Å². The van der Waals surface area contributed by atoms with Crippen molar-refractivity contribution in [2.75, 3.05) is 19.6 Å². The fourth-order valence-corrected chi connectivity index (χ4v) is 4.16. The van der Waals surface area contributed by atoms with Crippen molar-refractivity contribution in [2.45, 2.75) is 31.7 Å². The molecule has 0 spiro atoms. The van der Waals surface area contributed by atoms with E-state index in [1.807, 2.05) is 28.0 Å². The number of fused-ring (bicyclic) bond motifs is 4. The zero-order valence-corrected chi connectivity index (χ0v) is 15.3. The molecular weight excluding hydrogens is 340 g/mol. The molecule has 5 rings (SSSR count). The molecule has 0 N–H and O–H groups in total. The number of nitrogens with zero attached hydrogens (tertiary/aromatic N) is 4. The second-order valence-electron chi connectivity index (χ2n) is 7.43. The first-order valence-electron chi connectivity index (χ1n) is 9.59. The second-order valence-corrected chi connectivity index (χ2v) is 7.43. The molecule has 6 heteroatoms. The van der Waals surface area contributed by atoms with E-state index in [1.54, 1.807) is 12.4 Å². The maximum Gasteiger partial charge on any atom is 0.274 e. The van der Waals surface area contributed by atoms with Crippen molar-refractivity contribution in [1.82, 2.24) is 19.8 Å². The number of aromatic nitrogens is 2. The Balaban J connectivity index is 1.42. The van der Waals surface area contributed by atoms with E-state index in [0.29, 0.717) is 31.1 Å². The summed E-state index contributed by atoms with van der Waals surface area (Å²) in [7, 11) is 0. The van der Waals surface area contributed by atoms with Crippen molar-refractivity contribution >= 4 is 11.8 Å². The Morgan fingerprint density at radius 2 is 1.89 bits per heavy atom. The molecule has 6 nitrogen and oxygen atoms in total. The predicted octanol–water partition coefficient (Wildman–Crippen LogP) is 2.17. The Morgan fingerprint density at radius 1 is 1.04 bits per heavy atom.